The molecule has 3 rings (SSSR count). The SMILES string of the molecule is CC(C)Nc1ncc2c(n1)CN(C(=O)N[C@H](CCN)c1cccc(Cl)c1)CC2. The molecule has 0 spiro atoms. The summed E-state index contributed by atoms with van der Waals surface area (Å²) in [6.07, 6.45) is 3.23. The van der Waals surface area contributed by atoms with Crippen molar-refractivity contribution in [3.05, 3.63) is 52.3 Å². The van der Waals surface area contributed by atoms with Crippen molar-refractivity contribution in [3.63, 3.8) is 0 Å². The molecule has 1 aromatic carbocycles. The number of anilines is 1. The molecule has 2 amide bonds. The number of halogens is 1. The summed E-state index contributed by atoms with van der Waals surface area (Å²) in [6, 6.07) is 7.46. The molecule has 4 N–H and O–H groups in total. The first-order valence-corrected chi connectivity index (χ1v) is 9.96. The third-order valence-electron chi connectivity index (χ3n) is 4.65. The van der Waals surface area contributed by atoms with E-state index in [0.717, 1.165) is 23.2 Å². The molecular formula is C20H27ClN6O. The second kappa shape index (κ2) is 9.21. The van der Waals surface area contributed by atoms with Gasteiger partial charge in [0.05, 0.1) is 18.3 Å². The Bertz CT molecular complexity index is 828. The molecule has 0 aliphatic carbocycles. The zero-order valence-corrected chi connectivity index (χ0v) is 17.0. The molecule has 2 heterocycles. The van der Waals surface area contributed by atoms with Crippen molar-refractivity contribution in [2.24, 2.45) is 5.73 Å². The van der Waals surface area contributed by atoms with Gasteiger partial charge in [0.1, 0.15) is 0 Å². The monoisotopic (exact) mass is 402 g/mol. The number of nitrogens with zero attached hydrogens (tertiary/aromatic N) is 3. The largest absolute Gasteiger partial charge is 0.352 e. The molecule has 0 saturated heterocycles. The predicted octanol–water partition coefficient (Wildman–Crippen LogP) is 3.11. The quantitative estimate of drug-likeness (QED) is 0.689. The number of urea groups is 1. The van der Waals surface area contributed by atoms with E-state index in [0.29, 0.717) is 37.0 Å². The number of rotatable bonds is 6. The molecule has 7 nitrogen and oxygen atoms in total. The first kappa shape index (κ1) is 20.4. The highest BCUT2D eigenvalue weighted by Crippen LogP contribution is 2.22. The maximum absolute atomic E-state index is 12.9. The molecule has 0 unspecified atom stereocenters. The third kappa shape index (κ3) is 5.11. The number of benzene rings is 1. The number of nitrogens with one attached hydrogen (secondary N) is 2. The van der Waals surface area contributed by atoms with Crippen LogP contribution in [0, 0.1) is 0 Å². The summed E-state index contributed by atoms with van der Waals surface area (Å²) >= 11 is 6.11. The van der Waals surface area contributed by atoms with Crippen molar-refractivity contribution in [2.45, 2.75) is 45.3 Å². The van der Waals surface area contributed by atoms with Gasteiger partial charge in [-0.3, -0.25) is 0 Å². The van der Waals surface area contributed by atoms with Crippen molar-refractivity contribution < 1.29 is 4.79 Å². The van der Waals surface area contributed by atoms with E-state index in [-0.39, 0.29) is 18.1 Å². The molecule has 0 radical (unpaired) electrons. The van der Waals surface area contributed by atoms with Crippen LogP contribution in [-0.2, 0) is 13.0 Å². The van der Waals surface area contributed by atoms with E-state index in [2.05, 4.69) is 20.6 Å². The van der Waals surface area contributed by atoms with E-state index >= 15 is 0 Å². The smallest absolute Gasteiger partial charge is 0.318 e. The lowest BCUT2D eigenvalue weighted by Crippen LogP contribution is -2.44. The highest BCUT2D eigenvalue weighted by Gasteiger charge is 2.24. The van der Waals surface area contributed by atoms with E-state index < -0.39 is 0 Å². The molecule has 1 atom stereocenters. The molecular weight excluding hydrogens is 376 g/mol. The molecule has 1 aromatic heterocycles. The number of amides is 2. The summed E-state index contributed by atoms with van der Waals surface area (Å²) in [6.45, 7) is 5.63. The zero-order valence-electron chi connectivity index (χ0n) is 16.3. The molecule has 150 valence electrons. The number of fused-ring (bicyclic) bond motifs is 1. The van der Waals surface area contributed by atoms with Gasteiger partial charge in [-0.15, -0.1) is 0 Å². The molecule has 1 aliphatic heterocycles. The Morgan fingerprint density at radius 3 is 2.93 bits per heavy atom. The van der Waals surface area contributed by atoms with Crippen LogP contribution < -0.4 is 16.4 Å². The third-order valence-corrected chi connectivity index (χ3v) is 4.89. The Labute approximate surface area is 170 Å². The molecule has 0 fully saturated rings. The Kier molecular flexibility index (Phi) is 6.70. The Hall–Kier alpha value is -2.38. The van der Waals surface area contributed by atoms with Crippen LogP contribution in [0.25, 0.3) is 0 Å². The topological polar surface area (TPSA) is 96.2 Å². The van der Waals surface area contributed by atoms with E-state index in [1.807, 2.05) is 44.3 Å². The maximum atomic E-state index is 12.9. The number of hydrogen-bond donors (Lipinski definition) is 3. The minimum atomic E-state index is -0.179. The minimum Gasteiger partial charge on any atom is -0.352 e. The number of aromatic nitrogens is 2. The lowest BCUT2D eigenvalue weighted by Gasteiger charge is -2.30. The Morgan fingerprint density at radius 2 is 2.21 bits per heavy atom. The van der Waals surface area contributed by atoms with E-state index in [4.69, 9.17) is 17.3 Å². The fourth-order valence-corrected chi connectivity index (χ4v) is 3.46. The molecule has 1 aliphatic rings. The Balaban J connectivity index is 1.70. The van der Waals surface area contributed by atoms with Crippen molar-refractivity contribution in [1.29, 1.82) is 0 Å². The predicted molar refractivity (Wildman–Crippen MR) is 111 cm³/mol. The molecule has 8 heteroatoms. The van der Waals surface area contributed by atoms with Gasteiger partial charge in [-0.25, -0.2) is 14.8 Å². The number of carbonyl (C=O) groups is 1. The number of hydrogen-bond acceptors (Lipinski definition) is 5. The van der Waals surface area contributed by atoms with Crippen molar-refractivity contribution in [3.8, 4) is 0 Å². The molecule has 2 aromatic rings. The van der Waals surface area contributed by atoms with Gasteiger partial charge in [-0.1, -0.05) is 23.7 Å². The van der Waals surface area contributed by atoms with Gasteiger partial charge in [0.25, 0.3) is 0 Å². The fraction of sp³-hybridized carbons (Fsp3) is 0.450. The van der Waals surface area contributed by atoms with Crippen LogP contribution in [0.3, 0.4) is 0 Å². The summed E-state index contributed by atoms with van der Waals surface area (Å²) in [7, 11) is 0. The zero-order chi connectivity index (χ0) is 20.1. The van der Waals surface area contributed by atoms with Gasteiger partial charge < -0.3 is 21.3 Å². The summed E-state index contributed by atoms with van der Waals surface area (Å²) in [5.74, 6) is 0.593. The van der Waals surface area contributed by atoms with E-state index in [1.54, 1.807) is 4.90 Å². The highest BCUT2D eigenvalue weighted by molar-refractivity contribution is 6.30. The van der Waals surface area contributed by atoms with Crippen LogP contribution in [0.2, 0.25) is 5.02 Å². The fourth-order valence-electron chi connectivity index (χ4n) is 3.26. The minimum absolute atomic E-state index is 0.124. The van der Waals surface area contributed by atoms with Gasteiger partial charge in [-0.05, 0) is 56.5 Å². The average Bonchev–Trinajstić information content (AvgIpc) is 2.66. The van der Waals surface area contributed by atoms with Crippen molar-refractivity contribution >= 4 is 23.6 Å². The second-order valence-corrected chi connectivity index (χ2v) is 7.71. The van der Waals surface area contributed by atoms with Gasteiger partial charge in [-0.2, -0.15) is 0 Å². The number of carbonyl (C=O) groups excluding carboxylic acids is 1. The van der Waals surface area contributed by atoms with Gasteiger partial charge in [0.2, 0.25) is 5.95 Å². The number of nitrogens with two attached hydrogens (primary N) is 1. The van der Waals surface area contributed by atoms with Crippen LogP contribution in [0.1, 0.15) is 43.1 Å². The van der Waals surface area contributed by atoms with Crippen molar-refractivity contribution in [1.82, 2.24) is 20.2 Å². The Morgan fingerprint density at radius 1 is 1.39 bits per heavy atom. The summed E-state index contributed by atoms with van der Waals surface area (Å²) in [5, 5.41) is 6.95. The van der Waals surface area contributed by atoms with Crippen LogP contribution in [0.5, 0.6) is 0 Å². The average molecular weight is 403 g/mol. The normalized spacial score (nSPS) is 14.5. The lowest BCUT2D eigenvalue weighted by molar-refractivity contribution is 0.186. The summed E-state index contributed by atoms with van der Waals surface area (Å²) in [4.78, 5) is 23.6. The van der Waals surface area contributed by atoms with Crippen LogP contribution >= 0.6 is 11.6 Å². The first-order valence-electron chi connectivity index (χ1n) is 9.58. The standard InChI is InChI=1S/C20H27ClN6O/c1-13(2)24-19-23-11-15-7-9-27(12-18(15)25-19)20(28)26-17(6-8-22)14-4-3-5-16(21)10-14/h3-5,10-11,13,17H,6-9,12,22H2,1-2H3,(H,26,28)(H,23,24,25)/t17-/m1/s1. The van der Waals surface area contributed by atoms with Crippen molar-refractivity contribution in [2.75, 3.05) is 18.4 Å². The van der Waals surface area contributed by atoms with Gasteiger partial charge in [0, 0.05) is 23.8 Å². The van der Waals surface area contributed by atoms with E-state index in [1.165, 1.54) is 0 Å². The first-order chi connectivity index (χ1) is 13.5. The van der Waals surface area contributed by atoms with Crippen LogP contribution in [0.15, 0.2) is 30.5 Å². The maximum Gasteiger partial charge on any atom is 0.318 e. The van der Waals surface area contributed by atoms with Crippen LogP contribution in [-0.4, -0.2) is 40.0 Å². The van der Waals surface area contributed by atoms with Crippen LogP contribution in [0.4, 0.5) is 10.7 Å². The molecule has 0 bridgehead atoms. The highest BCUT2D eigenvalue weighted by atomic mass is 35.5. The van der Waals surface area contributed by atoms with Gasteiger partial charge in [0.15, 0.2) is 0 Å². The summed E-state index contributed by atoms with van der Waals surface area (Å²) < 4.78 is 0. The molecule has 28 heavy (non-hydrogen) atoms. The molecule has 0 saturated carbocycles. The lowest BCUT2D eigenvalue weighted by atomic mass is 10.0. The summed E-state index contributed by atoms with van der Waals surface area (Å²) in [5.41, 5.74) is 8.69. The second-order valence-electron chi connectivity index (χ2n) is 7.27. The van der Waals surface area contributed by atoms with E-state index in [9.17, 15) is 4.79 Å². The van der Waals surface area contributed by atoms with Gasteiger partial charge >= 0.3 is 6.03 Å².